The lowest BCUT2D eigenvalue weighted by Gasteiger charge is -2.22. The smallest absolute Gasteiger partial charge is 0.237 e. The summed E-state index contributed by atoms with van der Waals surface area (Å²) < 4.78 is 13.1. The summed E-state index contributed by atoms with van der Waals surface area (Å²) in [6.45, 7) is 4.62. The van der Waals surface area contributed by atoms with Crippen molar-refractivity contribution in [3.63, 3.8) is 0 Å². The number of halogens is 1. The Morgan fingerprint density at radius 1 is 1.09 bits per heavy atom. The normalized spacial score (nSPS) is 11.3. The van der Waals surface area contributed by atoms with Gasteiger partial charge >= 0.3 is 0 Å². The molecule has 1 amide bonds. The van der Waals surface area contributed by atoms with E-state index in [-0.39, 0.29) is 11.7 Å². The van der Waals surface area contributed by atoms with Crippen molar-refractivity contribution in [1.82, 2.24) is 5.32 Å². The Morgan fingerprint density at radius 2 is 1.78 bits per heavy atom. The molecule has 0 saturated heterocycles. The minimum absolute atomic E-state index is 0.234. The number of hydrogen-bond acceptors (Lipinski definition) is 3. The fourth-order valence-corrected chi connectivity index (χ4v) is 2.00. The number of nitrogens with one attached hydrogen (secondary N) is 2. The quantitative estimate of drug-likeness (QED) is 0.736. The van der Waals surface area contributed by atoms with Gasteiger partial charge in [-0.15, -0.1) is 0 Å². The van der Waals surface area contributed by atoms with Crippen molar-refractivity contribution in [2.75, 3.05) is 5.32 Å². The highest BCUT2D eigenvalue weighted by molar-refractivity contribution is 5.83. The molecule has 0 bridgehead atoms. The van der Waals surface area contributed by atoms with E-state index < -0.39 is 5.54 Å². The van der Waals surface area contributed by atoms with E-state index >= 15 is 0 Å². The van der Waals surface area contributed by atoms with E-state index in [4.69, 9.17) is 5.73 Å². The number of amides is 1. The molecule has 23 heavy (non-hydrogen) atoms. The number of hydrogen-bond donors (Lipinski definition) is 3. The Morgan fingerprint density at radius 3 is 2.39 bits per heavy atom. The molecule has 4 nitrogen and oxygen atoms in total. The van der Waals surface area contributed by atoms with Crippen molar-refractivity contribution in [3.05, 3.63) is 65.5 Å². The molecule has 122 valence electrons. The van der Waals surface area contributed by atoms with Gasteiger partial charge in [0.25, 0.3) is 0 Å². The van der Waals surface area contributed by atoms with Crippen LogP contribution in [0.1, 0.15) is 25.0 Å². The lowest BCUT2D eigenvalue weighted by Crippen LogP contribution is -2.50. The molecule has 0 fully saturated rings. The summed E-state index contributed by atoms with van der Waals surface area (Å²) in [5, 5.41) is 6.37. The third-order valence-corrected chi connectivity index (χ3v) is 3.69. The first kappa shape index (κ1) is 17.0. The van der Waals surface area contributed by atoms with Crippen molar-refractivity contribution < 1.29 is 9.18 Å². The van der Waals surface area contributed by atoms with Gasteiger partial charge in [0.15, 0.2) is 0 Å². The molecule has 0 saturated carbocycles. The maximum absolute atomic E-state index is 13.1. The molecule has 0 atom stereocenters. The second-order valence-electron chi connectivity index (χ2n) is 6.02. The van der Waals surface area contributed by atoms with Crippen LogP contribution in [-0.2, 0) is 17.9 Å². The van der Waals surface area contributed by atoms with Crippen LogP contribution in [0.5, 0.6) is 0 Å². The number of carbonyl (C=O) groups is 1. The maximum atomic E-state index is 13.1. The van der Waals surface area contributed by atoms with E-state index in [0.717, 1.165) is 16.8 Å². The van der Waals surface area contributed by atoms with Gasteiger partial charge in [-0.25, -0.2) is 4.39 Å². The Balaban J connectivity index is 1.88. The molecule has 2 aromatic rings. The summed E-state index contributed by atoms with van der Waals surface area (Å²) in [6.07, 6.45) is 0. The van der Waals surface area contributed by atoms with Gasteiger partial charge in [-0.05, 0) is 49.2 Å². The number of nitrogens with two attached hydrogens (primary N) is 1. The van der Waals surface area contributed by atoms with Gasteiger partial charge in [0.2, 0.25) is 5.91 Å². The minimum atomic E-state index is -0.742. The highest BCUT2D eigenvalue weighted by Gasteiger charge is 2.23. The summed E-state index contributed by atoms with van der Waals surface area (Å²) in [4.78, 5) is 11.3. The standard InChI is InChI=1S/C18H22FN3O/c1-18(2,17(20)23)22-12-13-6-8-16(9-7-13)21-11-14-4-3-5-15(19)10-14/h3-10,21-22H,11-12H2,1-2H3,(H2,20,23). The van der Waals surface area contributed by atoms with Gasteiger partial charge < -0.3 is 11.1 Å². The predicted octanol–water partition coefficient (Wildman–Crippen LogP) is 2.79. The van der Waals surface area contributed by atoms with Crippen LogP contribution in [0, 0.1) is 5.82 Å². The van der Waals surface area contributed by atoms with Crippen LogP contribution in [0.2, 0.25) is 0 Å². The number of carbonyl (C=O) groups excluding carboxylic acids is 1. The van der Waals surface area contributed by atoms with Crippen molar-refractivity contribution in [3.8, 4) is 0 Å². The molecule has 0 aliphatic heterocycles. The summed E-state index contributed by atoms with van der Waals surface area (Å²) in [5.74, 6) is -0.617. The third-order valence-electron chi connectivity index (χ3n) is 3.69. The number of rotatable bonds is 7. The molecule has 0 radical (unpaired) electrons. The lowest BCUT2D eigenvalue weighted by atomic mass is 10.0. The monoisotopic (exact) mass is 315 g/mol. The predicted molar refractivity (Wildman–Crippen MR) is 90.3 cm³/mol. The average molecular weight is 315 g/mol. The molecular weight excluding hydrogens is 293 g/mol. The number of anilines is 1. The van der Waals surface area contributed by atoms with Crippen molar-refractivity contribution in [2.45, 2.75) is 32.5 Å². The summed E-state index contributed by atoms with van der Waals surface area (Å²) in [7, 11) is 0. The highest BCUT2D eigenvalue weighted by atomic mass is 19.1. The van der Waals surface area contributed by atoms with Gasteiger partial charge in [0.1, 0.15) is 5.82 Å². The lowest BCUT2D eigenvalue weighted by molar-refractivity contribution is -0.123. The average Bonchev–Trinajstić information content (AvgIpc) is 2.52. The van der Waals surface area contributed by atoms with Crippen LogP contribution in [-0.4, -0.2) is 11.4 Å². The number of benzene rings is 2. The summed E-state index contributed by atoms with van der Waals surface area (Å²) in [6, 6.07) is 14.4. The van der Waals surface area contributed by atoms with Crippen LogP contribution >= 0.6 is 0 Å². The molecular formula is C18H22FN3O. The first-order chi connectivity index (χ1) is 10.9. The zero-order chi connectivity index (χ0) is 16.9. The van der Waals surface area contributed by atoms with E-state index in [1.807, 2.05) is 30.3 Å². The van der Waals surface area contributed by atoms with E-state index in [9.17, 15) is 9.18 Å². The molecule has 0 spiro atoms. The molecule has 4 N–H and O–H groups in total. The van der Waals surface area contributed by atoms with Crippen molar-refractivity contribution in [1.29, 1.82) is 0 Å². The van der Waals surface area contributed by atoms with Crippen LogP contribution in [0.15, 0.2) is 48.5 Å². The molecule has 0 aliphatic carbocycles. The van der Waals surface area contributed by atoms with E-state index in [1.165, 1.54) is 12.1 Å². The Bertz CT molecular complexity index is 668. The van der Waals surface area contributed by atoms with Crippen molar-refractivity contribution >= 4 is 11.6 Å². The van der Waals surface area contributed by atoms with Gasteiger partial charge in [0.05, 0.1) is 5.54 Å². The van der Waals surface area contributed by atoms with Gasteiger partial charge in [-0.1, -0.05) is 24.3 Å². The molecule has 2 aromatic carbocycles. The highest BCUT2D eigenvalue weighted by Crippen LogP contribution is 2.13. The van der Waals surface area contributed by atoms with Gasteiger partial charge in [-0.2, -0.15) is 0 Å². The first-order valence-electron chi connectivity index (χ1n) is 7.49. The van der Waals surface area contributed by atoms with Gasteiger partial charge in [0, 0.05) is 18.8 Å². The topological polar surface area (TPSA) is 67.2 Å². The Labute approximate surface area is 135 Å². The zero-order valence-electron chi connectivity index (χ0n) is 13.4. The Kier molecular flexibility index (Phi) is 5.34. The minimum Gasteiger partial charge on any atom is -0.381 e. The van der Waals surface area contributed by atoms with Crippen LogP contribution < -0.4 is 16.4 Å². The van der Waals surface area contributed by atoms with Crippen LogP contribution in [0.3, 0.4) is 0 Å². The molecule has 0 aromatic heterocycles. The molecule has 2 rings (SSSR count). The molecule has 5 heteroatoms. The summed E-state index contributed by atoms with van der Waals surface area (Å²) in [5.41, 5.74) is 7.47. The fraction of sp³-hybridized carbons (Fsp3) is 0.278. The van der Waals surface area contributed by atoms with Crippen molar-refractivity contribution in [2.24, 2.45) is 5.73 Å². The molecule has 0 unspecified atom stereocenters. The fourth-order valence-electron chi connectivity index (χ4n) is 2.00. The SMILES string of the molecule is CC(C)(NCc1ccc(NCc2cccc(F)c2)cc1)C(N)=O. The van der Waals surface area contributed by atoms with E-state index in [1.54, 1.807) is 19.9 Å². The molecule has 0 heterocycles. The van der Waals surface area contributed by atoms with E-state index in [2.05, 4.69) is 10.6 Å². The first-order valence-corrected chi connectivity index (χ1v) is 7.49. The second kappa shape index (κ2) is 7.24. The largest absolute Gasteiger partial charge is 0.381 e. The van der Waals surface area contributed by atoms with Gasteiger partial charge in [-0.3, -0.25) is 10.1 Å². The number of primary amides is 1. The van der Waals surface area contributed by atoms with Crippen LogP contribution in [0.25, 0.3) is 0 Å². The zero-order valence-corrected chi connectivity index (χ0v) is 13.4. The maximum Gasteiger partial charge on any atom is 0.237 e. The third kappa shape index (κ3) is 5.07. The van der Waals surface area contributed by atoms with Crippen LogP contribution in [0.4, 0.5) is 10.1 Å². The second-order valence-corrected chi connectivity index (χ2v) is 6.02. The Hall–Kier alpha value is -2.40. The van der Waals surface area contributed by atoms with E-state index in [0.29, 0.717) is 13.1 Å². The molecule has 0 aliphatic rings. The summed E-state index contributed by atoms with van der Waals surface area (Å²) >= 11 is 0.